The van der Waals surface area contributed by atoms with Crippen LogP contribution in [0.3, 0.4) is 0 Å². The third-order valence-electron chi connectivity index (χ3n) is 6.84. The van der Waals surface area contributed by atoms with Crippen molar-refractivity contribution in [1.29, 1.82) is 5.26 Å². The number of nitrogens with one attached hydrogen (secondary N) is 2. The lowest BCUT2D eigenvalue weighted by molar-refractivity contribution is 0.325. The Bertz CT molecular complexity index is 1370. The molecule has 0 spiro atoms. The molecular formula is C30H32FN5O2. The molecule has 0 radical (unpaired) electrons. The summed E-state index contributed by atoms with van der Waals surface area (Å²) in [7, 11) is 0. The molecule has 0 amide bonds. The zero-order valence-electron chi connectivity index (χ0n) is 21.5. The van der Waals surface area contributed by atoms with Crippen LogP contribution in [-0.4, -0.2) is 52.3 Å². The zero-order valence-corrected chi connectivity index (χ0v) is 21.5. The summed E-state index contributed by atoms with van der Waals surface area (Å²) in [4.78, 5) is 20.6. The van der Waals surface area contributed by atoms with Crippen molar-refractivity contribution in [2.24, 2.45) is 5.92 Å². The number of aromatic nitrogens is 2. The molecule has 1 aliphatic heterocycles. The van der Waals surface area contributed by atoms with Gasteiger partial charge in [0.1, 0.15) is 6.67 Å². The summed E-state index contributed by atoms with van der Waals surface area (Å²) < 4.78 is 13.0. The molecule has 196 valence electrons. The molecule has 38 heavy (non-hydrogen) atoms. The van der Waals surface area contributed by atoms with E-state index in [0.717, 1.165) is 42.7 Å². The minimum Gasteiger partial charge on any atom is -0.502 e. The number of nitriles is 1. The minimum atomic E-state index is -0.582. The van der Waals surface area contributed by atoms with E-state index >= 15 is 0 Å². The molecule has 3 aromatic rings. The normalized spacial score (nSPS) is 16.8. The molecular weight excluding hydrogens is 481 g/mol. The summed E-state index contributed by atoms with van der Waals surface area (Å²) in [5.41, 5.74) is 3.68. The van der Waals surface area contributed by atoms with Crippen molar-refractivity contribution in [3.8, 4) is 23.7 Å². The van der Waals surface area contributed by atoms with Crippen LogP contribution in [0.2, 0.25) is 0 Å². The van der Waals surface area contributed by atoms with Gasteiger partial charge in [0.25, 0.3) is 5.56 Å². The number of hydrogen-bond acceptors (Lipinski definition) is 6. The van der Waals surface area contributed by atoms with Crippen LogP contribution in [0.1, 0.15) is 47.2 Å². The lowest BCUT2D eigenvalue weighted by Crippen LogP contribution is -2.32. The summed E-state index contributed by atoms with van der Waals surface area (Å²) in [5, 5.41) is 22.4. The molecule has 1 saturated heterocycles. The number of aromatic amines is 1. The molecule has 1 aromatic heterocycles. The van der Waals surface area contributed by atoms with E-state index in [1.165, 1.54) is 11.9 Å². The van der Waals surface area contributed by atoms with Crippen LogP contribution in [0.5, 0.6) is 5.75 Å². The van der Waals surface area contributed by atoms with E-state index in [4.69, 9.17) is 5.26 Å². The Morgan fingerprint density at radius 3 is 2.50 bits per heavy atom. The fraction of sp³-hybridized carbons (Fsp3) is 0.367. The summed E-state index contributed by atoms with van der Waals surface area (Å²) in [5.74, 6) is 6.03. The van der Waals surface area contributed by atoms with Crippen molar-refractivity contribution < 1.29 is 9.50 Å². The van der Waals surface area contributed by atoms with E-state index in [-0.39, 0.29) is 17.9 Å². The number of nitrogens with zero attached hydrogens (tertiary/aromatic N) is 3. The topological polar surface area (TPSA) is 105 Å². The first-order chi connectivity index (χ1) is 18.4. The third kappa shape index (κ3) is 7.29. The molecule has 0 saturated carbocycles. The van der Waals surface area contributed by atoms with E-state index in [1.54, 1.807) is 6.92 Å². The Labute approximate surface area is 222 Å². The molecule has 8 heteroatoms. The van der Waals surface area contributed by atoms with Crippen LogP contribution in [0.15, 0.2) is 59.7 Å². The lowest BCUT2D eigenvalue weighted by atomic mass is 9.92. The zero-order chi connectivity index (χ0) is 26.9. The number of aromatic hydroxyl groups is 1. The average molecular weight is 514 g/mol. The number of H-pyrrole nitrogens is 1. The van der Waals surface area contributed by atoms with Crippen molar-refractivity contribution in [3.05, 3.63) is 93.2 Å². The third-order valence-corrected chi connectivity index (χ3v) is 6.84. The SMILES string of the molecule is C[C@@H](CF)NCC(Cc1nc[nH]c(=O)c1O)c1ccc(C#Cc2ccc(CN3CC[C@@H](C#N)C3)cc2)cc1. The first-order valence-corrected chi connectivity index (χ1v) is 12.8. The van der Waals surface area contributed by atoms with Crippen molar-refractivity contribution in [2.45, 2.75) is 38.3 Å². The smallest absolute Gasteiger partial charge is 0.293 e. The van der Waals surface area contributed by atoms with Crippen molar-refractivity contribution in [1.82, 2.24) is 20.2 Å². The van der Waals surface area contributed by atoms with E-state index in [1.807, 2.05) is 36.4 Å². The Kier molecular flexibility index (Phi) is 9.26. The quantitative estimate of drug-likeness (QED) is 0.379. The molecule has 0 aliphatic carbocycles. The Hall–Kier alpha value is -3.98. The van der Waals surface area contributed by atoms with E-state index in [9.17, 15) is 14.3 Å². The number of rotatable bonds is 9. The molecule has 7 nitrogen and oxygen atoms in total. The van der Waals surface area contributed by atoms with Gasteiger partial charge in [0.15, 0.2) is 0 Å². The summed E-state index contributed by atoms with van der Waals surface area (Å²) in [6, 6.07) is 18.1. The lowest BCUT2D eigenvalue weighted by Gasteiger charge is -2.20. The van der Waals surface area contributed by atoms with Crippen LogP contribution < -0.4 is 10.9 Å². The molecule has 0 bridgehead atoms. The largest absolute Gasteiger partial charge is 0.502 e. The van der Waals surface area contributed by atoms with Crippen molar-refractivity contribution in [3.63, 3.8) is 0 Å². The number of likely N-dealkylation sites (tertiary alicyclic amines) is 1. The van der Waals surface area contributed by atoms with Crippen LogP contribution in [0.4, 0.5) is 4.39 Å². The number of alkyl halides is 1. The second-order valence-corrected chi connectivity index (χ2v) is 9.81. The number of hydrogen-bond donors (Lipinski definition) is 3. The molecule has 3 atom stereocenters. The average Bonchev–Trinajstić information content (AvgIpc) is 3.40. The van der Waals surface area contributed by atoms with Crippen molar-refractivity contribution in [2.75, 3.05) is 26.3 Å². The van der Waals surface area contributed by atoms with Crippen LogP contribution >= 0.6 is 0 Å². The monoisotopic (exact) mass is 513 g/mol. The van der Waals surface area contributed by atoms with Crippen LogP contribution in [-0.2, 0) is 13.0 Å². The molecule has 1 unspecified atom stereocenters. The highest BCUT2D eigenvalue weighted by molar-refractivity contribution is 5.44. The van der Waals surface area contributed by atoms with Gasteiger partial charge in [0, 0.05) is 49.1 Å². The second kappa shape index (κ2) is 13.0. The van der Waals surface area contributed by atoms with Crippen LogP contribution in [0, 0.1) is 29.1 Å². The van der Waals surface area contributed by atoms with Crippen LogP contribution in [0.25, 0.3) is 0 Å². The van der Waals surface area contributed by atoms with Gasteiger partial charge in [-0.05, 0) is 55.3 Å². The summed E-state index contributed by atoms with van der Waals surface area (Å²) >= 11 is 0. The highest BCUT2D eigenvalue weighted by Crippen LogP contribution is 2.23. The van der Waals surface area contributed by atoms with Gasteiger partial charge in [0.05, 0.1) is 24.0 Å². The Morgan fingerprint density at radius 1 is 1.18 bits per heavy atom. The number of halogens is 1. The van der Waals surface area contributed by atoms with Gasteiger partial charge in [0.2, 0.25) is 5.75 Å². The molecule has 2 aromatic carbocycles. The van der Waals surface area contributed by atoms with Gasteiger partial charge >= 0.3 is 0 Å². The van der Waals surface area contributed by atoms with Gasteiger partial charge in [-0.15, -0.1) is 0 Å². The Morgan fingerprint density at radius 2 is 1.87 bits per heavy atom. The first-order valence-electron chi connectivity index (χ1n) is 12.8. The molecule has 4 rings (SSSR count). The molecule has 1 aliphatic rings. The molecule has 2 heterocycles. The molecule has 1 fully saturated rings. The van der Waals surface area contributed by atoms with Gasteiger partial charge in [-0.2, -0.15) is 5.26 Å². The highest BCUT2D eigenvalue weighted by Gasteiger charge is 2.22. The summed E-state index contributed by atoms with van der Waals surface area (Å²) in [6.45, 7) is 4.38. The van der Waals surface area contributed by atoms with Gasteiger partial charge < -0.3 is 15.4 Å². The Balaban J connectivity index is 1.42. The maximum Gasteiger partial charge on any atom is 0.293 e. The van der Waals surface area contributed by atoms with Gasteiger partial charge in [-0.25, -0.2) is 9.37 Å². The van der Waals surface area contributed by atoms with E-state index < -0.39 is 18.0 Å². The first kappa shape index (κ1) is 27.1. The minimum absolute atomic E-state index is 0.127. The van der Waals surface area contributed by atoms with Gasteiger partial charge in [-0.1, -0.05) is 36.1 Å². The van der Waals surface area contributed by atoms with Crippen molar-refractivity contribution >= 4 is 0 Å². The predicted molar refractivity (Wildman–Crippen MR) is 144 cm³/mol. The molecule has 3 N–H and O–H groups in total. The van der Waals surface area contributed by atoms with Gasteiger partial charge in [-0.3, -0.25) is 9.69 Å². The number of benzene rings is 2. The standard InChI is InChI=1S/C30H32FN5O2/c1-21(15-31)33-17-27(14-28-29(37)30(38)35-20-34-28)26-10-8-23(9-11-26)3-2-22-4-6-24(7-5-22)18-36-13-12-25(16-32)19-36/h4-11,20-21,25,27,33,37H,12-15,17-19H2,1H3,(H,34,35,38)/t21-,25-,27?/m0/s1. The fourth-order valence-electron chi connectivity index (χ4n) is 4.53. The second-order valence-electron chi connectivity index (χ2n) is 9.81. The van der Waals surface area contributed by atoms with E-state index in [2.05, 4.69) is 50.2 Å². The predicted octanol–water partition coefficient (Wildman–Crippen LogP) is 3.49. The highest BCUT2D eigenvalue weighted by atomic mass is 19.1. The maximum atomic E-state index is 13.0. The van der Waals surface area contributed by atoms with E-state index in [0.29, 0.717) is 18.7 Å². The maximum absolute atomic E-state index is 13.0. The fourth-order valence-corrected chi connectivity index (χ4v) is 4.53. The summed E-state index contributed by atoms with van der Waals surface area (Å²) in [6.07, 6.45) is 2.54.